The Labute approximate surface area is 91.8 Å². The van der Waals surface area contributed by atoms with Crippen LogP contribution in [-0.4, -0.2) is 42.4 Å². The SMILES string of the molecule is O=S1(=O)NC2C(OCCl)C3CC1C2S3. The first-order chi connectivity index (χ1) is 6.63. The standard InChI is InChI=1S/C7H10ClNO3S2/c8-2-12-6-3-1-4-7(13-3)5(6)9-14(4,10)11/h3-7,9H,1-2H2. The highest BCUT2D eigenvalue weighted by atomic mass is 35.5. The molecule has 0 aliphatic carbocycles. The lowest BCUT2D eigenvalue weighted by Gasteiger charge is -2.23. The van der Waals surface area contributed by atoms with Gasteiger partial charge in [0.25, 0.3) is 0 Å². The third-order valence-corrected chi connectivity index (χ3v) is 7.12. The molecular weight excluding hydrogens is 246 g/mol. The highest BCUT2D eigenvalue weighted by Gasteiger charge is 2.63. The van der Waals surface area contributed by atoms with E-state index >= 15 is 0 Å². The lowest BCUT2D eigenvalue weighted by molar-refractivity contribution is 0.0603. The molecule has 14 heavy (non-hydrogen) atoms. The summed E-state index contributed by atoms with van der Waals surface area (Å²) in [5.41, 5.74) is 0. The van der Waals surface area contributed by atoms with E-state index in [1.54, 1.807) is 11.8 Å². The summed E-state index contributed by atoms with van der Waals surface area (Å²) < 4.78 is 31.3. The van der Waals surface area contributed by atoms with E-state index in [4.69, 9.17) is 16.3 Å². The van der Waals surface area contributed by atoms with Crippen molar-refractivity contribution in [1.82, 2.24) is 4.72 Å². The first-order valence-electron chi connectivity index (χ1n) is 4.47. The van der Waals surface area contributed by atoms with Crippen molar-refractivity contribution in [3.05, 3.63) is 0 Å². The molecule has 0 aromatic heterocycles. The summed E-state index contributed by atoms with van der Waals surface area (Å²) in [6, 6.07) is 0.0876. The Bertz CT molecular complexity index is 360. The minimum atomic E-state index is -3.08. The maximum absolute atomic E-state index is 11.6. The Hall–Kier alpha value is 0.510. The second-order valence-electron chi connectivity index (χ2n) is 3.84. The zero-order valence-corrected chi connectivity index (χ0v) is 9.61. The zero-order chi connectivity index (χ0) is 9.92. The van der Waals surface area contributed by atoms with Crippen LogP contribution in [0, 0.1) is 0 Å². The maximum atomic E-state index is 11.6. The Morgan fingerprint density at radius 2 is 2.36 bits per heavy atom. The van der Waals surface area contributed by atoms with Gasteiger partial charge in [-0.2, -0.15) is 0 Å². The van der Waals surface area contributed by atoms with Crippen LogP contribution in [0.4, 0.5) is 0 Å². The van der Waals surface area contributed by atoms with Gasteiger partial charge in [0.2, 0.25) is 10.0 Å². The summed E-state index contributed by atoms with van der Waals surface area (Å²) in [6.45, 7) is 0. The Morgan fingerprint density at radius 1 is 1.57 bits per heavy atom. The Morgan fingerprint density at radius 3 is 3.07 bits per heavy atom. The van der Waals surface area contributed by atoms with Crippen molar-refractivity contribution >= 4 is 33.4 Å². The van der Waals surface area contributed by atoms with Gasteiger partial charge in [0.05, 0.1) is 17.4 Å². The number of rotatable bonds is 2. The molecule has 0 aromatic rings. The quantitative estimate of drug-likeness (QED) is 0.713. The molecule has 2 bridgehead atoms. The van der Waals surface area contributed by atoms with E-state index in [1.165, 1.54) is 0 Å². The van der Waals surface area contributed by atoms with Gasteiger partial charge in [-0.15, -0.1) is 11.8 Å². The van der Waals surface area contributed by atoms with Crippen LogP contribution < -0.4 is 4.72 Å². The second-order valence-corrected chi connectivity index (χ2v) is 7.41. The van der Waals surface area contributed by atoms with Gasteiger partial charge < -0.3 is 4.74 Å². The molecule has 0 spiro atoms. The molecule has 3 rings (SSSR count). The van der Waals surface area contributed by atoms with E-state index in [9.17, 15) is 8.42 Å². The van der Waals surface area contributed by atoms with Gasteiger partial charge in [-0.25, -0.2) is 13.1 Å². The third-order valence-electron chi connectivity index (χ3n) is 3.19. The summed E-state index contributed by atoms with van der Waals surface area (Å²) in [7, 11) is -3.08. The van der Waals surface area contributed by atoms with Gasteiger partial charge in [0.1, 0.15) is 6.07 Å². The second kappa shape index (κ2) is 3.01. The summed E-state index contributed by atoms with van der Waals surface area (Å²) in [6.07, 6.45) is 0.680. The van der Waals surface area contributed by atoms with Gasteiger partial charge in [-0.1, -0.05) is 11.6 Å². The van der Waals surface area contributed by atoms with Gasteiger partial charge in [0, 0.05) is 10.5 Å². The number of sulfonamides is 1. The fraction of sp³-hybridized carbons (Fsp3) is 1.00. The summed E-state index contributed by atoms with van der Waals surface area (Å²) in [4.78, 5) is 0. The van der Waals surface area contributed by atoms with Crippen molar-refractivity contribution in [2.45, 2.75) is 34.3 Å². The van der Waals surface area contributed by atoms with Gasteiger partial charge in [0.15, 0.2) is 0 Å². The van der Waals surface area contributed by atoms with Crippen molar-refractivity contribution < 1.29 is 13.2 Å². The molecule has 5 atom stereocenters. The van der Waals surface area contributed by atoms with Crippen LogP contribution in [0.15, 0.2) is 0 Å². The highest BCUT2D eigenvalue weighted by molar-refractivity contribution is 8.03. The van der Waals surface area contributed by atoms with Crippen molar-refractivity contribution in [3.63, 3.8) is 0 Å². The number of alkyl halides is 1. The third kappa shape index (κ3) is 1.12. The molecule has 5 unspecified atom stereocenters. The predicted molar refractivity (Wildman–Crippen MR) is 55.0 cm³/mol. The zero-order valence-electron chi connectivity index (χ0n) is 7.22. The number of halogens is 1. The first kappa shape index (κ1) is 9.72. The molecule has 0 radical (unpaired) electrons. The molecular formula is C7H10ClNO3S2. The van der Waals surface area contributed by atoms with Crippen LogP contribution in [0.2, 0.25) is 0 Å². The number of thioether (sulfide) groups is 1. The van der Waals surface area contributed by atoms with Crippen LogP contribution in [0.1, 0.15) is 6.42 Å². The molecule has 3 aliphatic rings. The molecule has 0 saturated carbocycles. The predicted octanol–water partition coefficient (Wildman–Crippen LogP) is 0.126. The largest absolute Gasteiger partial charge is 0.360 e. The van der Waals surface area contributed by atoms with Crippen molar-refractivity contribution in [2.75, 3.05) is 6.07 Å². The van der Waals surface area contributed by atoms with E-state index in [0.717, 1.165) is 0 Å². The lowest BCUT2D eigenvalue weighted by atomic mass is 9.93. The average molecular weight is 256 g/mol. The number of hydrogen-bond donors (Lipinski definition) is 1. The van der Waals surface area contributed by atoms with Crippen LogP contribution in [-0.2, 0) is 14.8 Å². The highest BCUT2D eigenvalue weighted by Crippen LogP contribution is 2.53. The minimum absolute atomic E-state index is 0.0315. The molecule has 4 nitrogen and oxygen atoms in total. The summed E-state index contributed by atoms with van der Waals surface area (Å²) in [5.74, 6) is 0. The molecule has 3 heterocycles. The lowest BCUT2D eigenvalue weighted by Crippen LogP contribution is -2.43. The minimum Gasteiger partial charge on any atom is -0.360 e. The van der Waals surface area contributed by atoms with Crippen molar-refractivity contribution in [1.29, 1.82) is 0 Å². The summed E-state index contributed by atoms with van der Waals surface area (Å²) >= 11 is 7.25. The topological polar surface area (TPSA) is 55.4 Å². The first-order valence-corrected chi connectivity index (χ1v) is 7.50. The fourth-order valence-electron chi connectivity index (χ4n) is 2.65. The van der Waals surface area contributed by atoms with E-state index in [1.807, 2.05) is 0 Å². The smallest absolute Gasteiger partial charge is 0.216 e. The van der Waals surface area contributed by atoms with Crippen LogP contribution in [0.25, 0.3) is 0 Å². The number of nitrogens with one attached hydrogen (secondary N) is 1. The number of fused-ring (bicyclic) bond motifs is 1. The van der Waals surface area contributed by atoms with Crippen LogP contribution >= 0.6 is 23.4 Å². The number of ether oxygens (including phenoxy) is 1. The van der Waals surface area contributed by atoms with Gasteiger partial charge in [-0.3, -0.25) is 0 Å². The maximum Gasteiger partial charge on any atom is 0.216 e. The fourth-order valence-corrected chi connectivity index (χ4v) is 7.26. The van der Waals surface area contributed by atoms with E-state index < -0.39 is 10.0 Å². The molecule has 0 aromatic carbocycles. The van der Waals surface area contributed by atoms with Crippen LogP contribution in [0.3, 0.4) is 0 Å². The molecule has 3 fully saturated rings. The Kier molecular flexibility index (Phi) is 2.09. The normalized spacial score (nSPS) is 52.8. The van der Waals surface area contributed by atoms with Crippen LogP contribution in [0.5, 0.6) is 0 Å². The number of hydrogen-bond acceptors (Lipinski definition) is 4. The molecule has 80 valence electrons. The van der Waals surface area contributed by atoms with Crippen molar-refractivity contribution in [2.24, 2.45) is 0 Å². The van der Waals surface area contributed by atoms with E-state index in [-0.39, 0.29) is 28.7 Å². The van der Waals surface area contributed by atoms with Crippen molar-refractivity contribution in [3.8, 4) is 0 Å². The van der Waals surface area contributed by atoms with Gasteiger partial charge >= 0.3 is 0 Å². The molecule has 7 heteroatoms. The molecule has 3 saturated heterocycles. The van der Waals surface area contributed by atoms with Gasteiger partial charge in [-0.05, 0) is 6.42 Å². The monoisotopic (exact) mass is 255 g/mol. The van der Waals surface area contributed by atoms with E-state index in [2.05, 4.69) is 4.72 Å². The summed E-state index contributed by atoms with van der Waals surface area (Å²) in [5, 5.41) is 0.286. The average Bonchev–Trinajstić information content (AvgIpc) is 2.68. The molecule has 0 amide bonds. The Balaban J connectivity index is 1.93. The molecule has 1 N–H and O–H groups in total. The van der Waals surface area contributed by atoms with E-state index in [0.29, 0.717) is 11.7 Å². The molecule has 3 aliphatic heterocycles.